The average Bonchev–Trinajstić information content (AvgIpc) is 3.41. The fourth-order valence-corrected chi connectivity index (χ4v) is 10.3. The molecule has 0 bridgehead atoms. The van der Waals surface area contributed by atoms with E-state index in [4.69, 9.17) is 14.2 Å². The number of hydrogen-bond donors (Lipinski definition) is 0. The summed E-state index contributed by atoms with van der Waals surface area (Å²) >= 11 is 0. The number of carbonyl (C=O) groups excluding carboxylic acids is 3. The Morgan fingerprint density at radius 3 is 0.667 bits per heavy atom. The number of rotatable bonds is 63. The van der Waals surface area contributed by atoms with E-state index >= 15 is 0 Å². The number of ether oxygens (including phenoxy) is 3. The molecule has 0 saturated heterocycles. The smallest absolute Gasteiger partial charge is 0.306 e. The van der Waals surface area contributed by atoms with Crippen molar-refractivity contribution < 1.29 is 28.6 Å². The summed E-state index contributed by atoms with van der Waals surface area (Å²) in [5.41, 5.74) is 0. The molecule has 0 fully saturated rings. The van der Waals surface area contributed by atoms with Crippen LogP contribution in [-0.2, 0) is 28.6 Å². The minimum Gasteiger partial charge on any atom is -0.462 e. The SMILES string of the molecule is CCCCCCCC/C=C\CCCCCCCCCCCC(=O)OC(COC(=O)CCCCCCC)COC(=O)CCCCCCCCCCCCCCCCCCCCCCC/C=C\CCCCCCCCCC. The normalized spacial score (nSPS) is 12.1. The van der Waals surface area contributed by atoms with Crippen molar-refractivity contribution in [2.75, 3.05) is 13.2 Å². The van der Waals surface area contributed by atoms with Gasteiger partial charge >= 0.3 is 17.9 Å². The first-order valence-electron chi connectivity index (χ1n) is 33.8. The molecule has 0 aliphatic carbocycles. The molecule has 0 heterocycles. The van der Waals surface area contributed by atoms with Gasteiger partial charge in [0, 0.05) is 19.3 Å². The van der Waals surface area contributed by atoms with Gasteiger partial charge in [-0.2, -0.15) is 0 Å². The highest BCUT2D eigenvalue weighted by Gasteiger charge is 2.19. The first-order chi connectivity index (χ1) is 37.0. The third-order valence-electron chi connectivity index (χ3n) is 15.4. The molecular formula is C69H130O6. The number of hydrogen-bond acceptors (Lipinski definition) is 6. The Labute approximate surface area is 468 Å². The van der Waals surface area contributed by atoms with Crippen LogP contribution in [0, 0.1) is 0 Å². The molecule has 1 atom stereocenters. The zero-order chi connectivity index (χ0) is 54.3. The van der Waals surface area contributed by atoms with E-state index in [1.54, 1.807) is 0 Å². The summed E-state index contributed by atoms with van der Waals surface area (Å²) < 4.78 is 16.8. The van der Waals surface area contributed by atoms with Crippen LogP contribution in [0.1, 0.15) is 380 Å². The lowest BCUT2D eigenvalue weighted by Crippen LogP contribution is -2.30. The van der Waals surface area contributed by atoms with Crippen molar-refractivity contribution in [1.29, 1.82) is 0 Å². The Hall–Kier alpha value is -2.11. The van der Waals surface area contributed by atoms with E-state index in [0.717, 1.165) is 64.2 Å². The maximum absolute atomic E-state index is 12.8. The van der Waals surface area contributed by atoms with E-state index in [9.17, 15) is 14.4 Å². The Balaban J connectivity index is 3.88. The molecule has 0 aliphatic heterocycles. The molecule has 0 aromatic heterocycles. The predicted octanol–water partition coefficient (Wildman–Crippen LogP) is 23.0. The van der Waals surface area contributed by atoms with E-state index in [1.807, 2.05) is 0 Å². The molecular weight excluding hydrogens is 925 g/mol. The molecule has 442 valence electrons. The van der Waals surface area contributed by atoms with Gasteiger partial charge in [0.25, 0.3) is 0 Å². The number of allylic oxidation sites excluding steroid dienone is 4. The van der Waals surface area contributed by atoms with Crippen molar-refractivity contribution in [2.45, 2.75) is 386 Å². The molecule has 0 radical (unpaired) electrons. The van der Waals surface area contributed by atoms with Gasteiger partial charge in [-0.3, -0.25) is 14.4 Å². The predicted molar refractivity (Wildman–Crippen MR) is 326 cm³/mol. The average molecular weight is 1060 g/mol. The summed E-state index contributed by atoms with van der Waals surface area (Å²) in [6.45, 7) is 6.61. The minimum absolute atomic E-state index is 0.0673. The zero-order valence-electron chi connectivity index (χ0n) is 50.8. The molecule has 0 aromatic carbocycles. The summed E-state index contributed by atoms with van der Waals surface area (Å²) in [7, 11) is 0. The number of unbranched alkanes of at least 4 members (excludes halogenated alkanes) is 48. The van der Waals surface area contributed by atoms with Crippen LogP contribution in [-0.4, -0.2) is 37.2 Å². The van der Waals surface area contributed by atoms with E-state index in [1.165, 1.54) is 276 Å². The highest BCUT2D eigenvalue weighted by Crippen LogP contribution is 2.18. The van der Waals surface area contributed by atoms with Crippen LogP contribution in [0.4, 0.5) is 0 Å². The first-order valence-corrected chi connectivity index (χ1v) is 33.8. The van der Waals surface area contributed by atoms with Crippen LogP contribution in [0.15, 0.2) is 24.3 Å². The third kappa shape index (κ3) is 62.6. The van der Waals surface area contributed by atoms with Gasteiger partial charge in [0.15, 0.2) is 6.10 Å². The van der Waals surface area contributed by atoms with Gasteiger partial charge in [-0.25, -0.2) is 0 Å². The van der Waals surface area contributed by atoms with Crippen LogP contribution < -0.4 is 0 Å². The lowest BCUT2D eigenvalue weighted by molar-refractivity contribution is -0.167. The van der Waals surface area contributed by atoms with Crippen LogP contribution >= 0.6 is 0 Å². The Bertz CT molecular complexity index is 1210. The second-order valence-corrected chi connectivity index (χ2v) is 23.1. The van der Waals surface area contributed by atoms with Crippen molar-refractivity contribution in [3.8, 4) is 0 Å². The first kappa shape index (κ1) is 72.9. The lowest BCUT2D eigenvalue weighted by atomic mass is 10.0. The van der Waals surface area contributed by atoms with Crippen LogP contribution in [0.3, 0.4) is 0 Å². The van der Waals surface area contributed by atoms with Gasteiger partial charge in [-0.05, 0) is 70.6 Å². The van der Waals surface area contributed by atoms with Gasteiger partial charge in [0.1, 0.15) is 13.2 Å². The van der Waals surface area contributed by atoms with E-state index < -0.39 is 6.10 Å². The maximum Gasteiger partial charge on any atom is 0.306 e. The monoisotopic (exact) mass is 1050 g/mol. The lowest BCUT2D eigenvalue weighted by Gasteiger charge is -2.18. The Morgan fingerprint density at radius 1 is 0.253 bits per heavy atom. The summed E-state index contributed by atoms with van der Waals surface area (Å²) in [5.74, 6) is -0.860. The van der Waals surface area contributed by atoms with E-state index in [0.29, 0.717) is 19.3 Å². The molecule has 6 nitrogen and oxygen atoms in total. The summed E-state index contributed by atoms with van der Waals surface area (Å²) in [6.07, 6.45) is 78.4. The topological polar surface area (TPSA) is 78.9 Å². The Morgan fingerprint density at radius 2 is 0.440 bits per heavy atom. The molecule has 0 aromatic rings. The molecule has 0 saturated carbocycles. The van der Waals surface area contributed by atoms with Gasteiger partial charge < -0.3 is 14.2 Å². The third-order valence-corrected chi connectivity index (χ3v) is 15.4. The van der Waals surface area contributed by atoms with Crippen LogP contribution in [0.5, 0.6) is 0 Å². The Kier molecular flexibility index (Phi) is 62.6. The van der Waals surface area contributed by atoms with E-state index in [2.05, 4.69) is 45.1 Å². The fraction of sp³-hybridized carbons (Fsp3) is 0.899. The van der Waals surface area contributed by atoms with Crippen molar-refractivity contribution in [3.63, 3.8) is 0 Å². The fourth-order valence-electron chi connectivity index (χ4n) is 10.3. The standard InChI is InChI=1S/C69H130O6/c1-4-7-10-13-15-17-19-21-23-25-27-28-29-30-31-32-33-34-35-36-37-38-39-40-42-43-45-47-49-51-53-56-59-62-68(71)74-65-66(64-73-67(70)61-58-55-12-9-6-3)75-69(72)63-60-57-54-52-50-48-46-44-41-26-24-22-20-18-16-14-11-8-5-2/h22,24-25,27,66H,4-21,23,26,28-65H2,1-3H3/b24-22-,27-25-. The largest absolute Gasteiger partial charge is 0.462 e. The summed E-state index contributed by atoms with van der Waals surface area (Å²) in [6, 6.07) is 0. The van der Waals surface area contributed by atoms with Gasteiger partial charge in [-0.15, -0.1) is 0 Å². The second-order valence-electron chi connectivity index (χ2n) is 23.1. The van der Waals surface area contributed by atoms with Crippen LogP contribution in [0.2, 0.25) is 0 Å². The van der Waals surface area contributed by atoms with Gasteiger partial charge in [0.05, 0.1) is 0 Å². The molecule has 6 heteroatoms. The van der Waals surface area contributed by atoms with Gasteiger partial charge in [-0.1, -0.05) is 315 Å². The summed E-state index contributed by atoms with van der Waals surface area (Å²) in [5, 5.41) is 0. The van der Waals surface area contributed by atoms with Crippen molar-refractivity contribution in [3.05, 3.63) is 24.3 Å². The highest BCUT2D eigenvalue weighted by atomic mass is 16.6. The number of esters is 3. The maximum atomic E-state index is 12.8. The summed E-state index contributed by atoms with van der Waals surface area (Å²) in [4.78, 5) is 37.9. The van der Waals surface area contributed by atoms with Crippen molar-refractivity contribution >= 4 is 17.9 Å². The van der Waals surface area contributed by atoms with E-state index in [-0.39, 0.29) is 31.1 Å². The van der Waals surface area contributed by atoms with Crippen LogP contribution in [0.25, 0.3) is 0 Å². The molecule has 0 amide bonds. The molecule has 0 N–H and O–H groups in total. The van der Waals surface area contributed by atoms with Crippen molar-refractivity contribution in [2.24, 2.45) is 0 Å². The molecule has 1 unspecified atom stereocenters. The zero-order valence-corrected chi connectivity index (χ0v) is 50.8. The number of carbonyl (C=O) groups is 3. The molecule has 75 heavy (non-hydrogen) atoms. The minimum atomic E-state index is -0.766. The molecule has 0 rings (SSSR count). The molecule has 0 aliphatic rings. The second kappa shape index (κ2) is 64.4. The van der Waals surface area contributed by atoms with Gasteiger partial charge in [0.2, 0.25) is 0 Å². The highest BCUT2D eigenvalue weighted by molar-refractivity contribution is 5.71. The van der Waals surface area contributed by atoms with Crippen molar-refractivity contribution in [1.82, 2.24) is 0 Å². The quantitative estimate of drug-likeness (QED) is 0.0261. The molecule has 0 spiro atoms.